The van der Waals surface area contributed by atoms with Crippen LogP contribution >= 0.6 is 0 Å². The molecule has 5 rings (SSSR count). The van der Waals surface area contributed by atoms with Crippen molar-refractivity contribution in [2.45, 2.75) is 94.4 Å². The zero-order valence-corrected chi connectivity index (χ0v) is 37.4. The van der Waals surface area contributed by atoms with E-state index in [9.17, 15) is 34.5 Å². The Hall–Kier alpha value is -4.65. The monoisotopic (exact) mass is 921 g/mol. The van der Waals surface area contributed by atoms with Crippen LogP contribution in [-0.2, 0) is 52.3 Å². The molecule has 2 aromatic heterocycles. The number of nitriles is 1. The number of methoxy groups -OCH3 is 2. The van der Waals surface area contributed by atoms with Crippen LogP contribution in [0, 0.1) is 17.2 Å². The largest absolute Gasteiger partial charge is 0.394 e. The number of hydrogen-bond acceptors (Lipinski definition) is 19. The summed E-state index contributed by atoms with van der Waals surface area (Å²) in [7, 11) is 4.60. The van der Waals surface area contributed by atoms with Gasteiger partial charge in [0.1, 0.15) is 49.0 Å². The quantitative estimate of drug-likeness (QED) is 0.0686. The van der Waals surface area contributed by atoms with E-state index < -0.39 is 73.7 Å². The maximum absolute atomic E-state index is 13.2. The Bertz CT molecular complexity index is 1900. The van der Waals surface area contributed by atoms with E-state index in [0.29, 0.717) is 29.9 Å². The molecule has 0 spiro atoms. The molecular formula is C41H63N9O15. The number of anilines is 1. The molecule has 0 aliphatic carbocycles. The maximum atomic E-state index is 13.2. The predicted octanol–water partition coefficient (Wildman–Crippen LogP) is -2.15. The Morgan fingerprint density at radius 2 is 1.68 bits per heavy atom. The summed E-state index contributed by atoms with van der Waals surface area (Å²) in [5.41, 5.74) is 0.435. The molecule has 24 nitrogen and oxygen atoms in total. The average molecular weight is 922 g/mol. The lowest BCUT2D eigenvalue weighted by molar-refractivity contribution is -0.324. The summed E-state index contributed by atoms with van der Waals surface area (Å²) in [5.74, 6) is -0.316. The second kappa shape index (κ2) is 25.3. The number of rotatable bonds is 22. The molecule has 24 heteroatoms. The molecule has 2 aromatic rings. The molecule has 4 amide bonds. The zero-order chi connectivity index (χ0) is 47.0. The number of carbonyl (C=O) groups is 4. The second-order valence-electron chi connectivity index (χ2n) is 15.9. The fourth-order valence-corrected chi connectivity index (χ4v) is 8.05. The van der Waals surface area contributed by atoms with Gasteiger partial charge in [0, 0.05) is 67.0 Å². The van der Waals surface area contributed by atoms with E-state index in [1.807, 2.05) is 18.0 Å². The van der Waals surface area contributed by atoms with Gasteiger partial charge in [-0.2, -0.15) is 5.26 Å². The molecule has 3 aliphatic rings. The number of amides is 4. The van der Waals surface area contributed by atoms with E-state index in [0.717, 1.165) is 6.42 Å². The molecule has 65 heavy (non-hydrogen) atoms. The minimum Gasteiger partial charge on any atom is -0.394 e. The number of carbonyl (C=O) groups excluding carboxylic acids is 4. The third-order valence-corrected chi connectivity index (χ3v) is 11.5. The van der Waals surface area contributed by atoms with Crippen molar-refractivity contribution in [2.75, 3.05) is 98.6 Å². The van der Waals surface area contributed by atoms with Gasteiger partial charge < -0.3 is 79.0 Å². The smallest absolute Gasteiger partial charge is 0.327 e. The van der Waals surface area contributed by atoms with E-state index in [-0.39, 0.29) is 89.5 Å². The second-order valence-corrected chi connectivity index (χ2v) is 15.9. The number of likely N-dealkylation sites (tertiary alicyclic amines) is 1. The van der Waals surface area contributed by atoms with Gasteiger partial charge in [0.25, 0.3) is 5.91 Å². The number of fused-ring (bicyclic) bond motifs is 1. The first-order valence-electron chi connectivity index (χ1n) is 21.6. The fraction of sp³-hybridized carbons (Fsp3) is 0.732. The molecule has 0 bridgehead atoms. The highest BCUT2D eigenvalue weighted by molar-refractivity contribution is 5.95. The number of likely N-dealkylation sites (N-methyl/N-ethyl adjacent to an activating group) is 1. The van der Waals surface area contributed by atoms with Gasteiger partial charge in [-0.05, 0) is 18.4 Å². The molecule has 3 fully saturated rings. The van der Waals surface area contributed by atoms with Crippen LogP contribution in [0.3, 0.4) is 0 Å². The molecule has 5 heterocycles. The van der Waals surface area contributed by atoms with Crippen molar-refractivity contribution < 1.29 is 72.4 Å². The summed E-state index contributed by atoms with van der Waals surface area (Å²) in [6, 6.07) is 2.24. The Kier molecular flexibility index (Phi) is 20.0. The van der Waals surface area contributed by atoms with Crippen LogP contribution in [0.2, 0.25) is 0 Å². The SMILES string of the molecule is CO[C@@H]1OC(CO)[C@@H](O)C(O[C@@H]2OC(C(=O)NCCOCCOCCOCCNC(=O)n3ccc4c(N(C)[C@H]5CN(C(=O)CC#N)CC[C@H]5C)ncnc43)[C@@H](OC)CC2O)C1NC(C)=O. The van der Waals surface area contributed by atoms with Gasteiger partial charge in [-0.25, -0.2) is 14.8 Å². The number of piperidine rings is 1. The Morgan fingerprint density at radius 1 is 0.985 bits per heavy atom. The third kappa shape index (κ3) is 13.5. The topological polar surface area (TPSA) is 300 Å². The lowest BCUT2D eigenvalue weighted by Gasteiger charge is -2.46. The molecular weight excluding hydrogens is 858 g/mol. The van der Waals surface area contributed by atoms with Crippen LogP contribution in [0.25, 0.3) is 11.0 Å². The lowest BCUT2D eigenvalue weighted by atomic mass is 9.92. The highest BCUT2D eigenvalue weighted by atomic mass is 16.7. The molecule has 0 radical (unpaired) electrons. The molecule has 3 saturated heterocycles. The Labute approximate surface area is 376 Å². The van der Waals surface area contributed by atoms with Gasteiger partial charge in [0.05, 0.1) is 69.8 Å². The number of hydrogen-bond donors (Lipinski definition) is 6. The number of nitrogens with zero attached hydrogens (tertiary/aromatic N) is 6. The number of aliphatic hydroxyl groups excluding tert-OH is 3. The van der Waals surface area contributed by atoms with Crippen molar-refractivity contribution in [3.63, 3.8) is 0 Å². The Morgan fingerprint density at radius 3 is 2.32 bits per heavy atom. The molecule has 11 atom stereocenters. The average Bonchev–Trinajstić information content (AvgIpc) is 3.74. The zero-order valence-electron chi connectivity index (χ0n) is 37.4. The summed E-state index contributed by atoms with van der Waals surface area (Å²) in [6.45, 7) is 5.66. The normalized spacial score (nSPS) is 28.0. The molecule has 0 aromatic carbocycles. The summed E-state index contributed by atoms with van der Waals surface area (Å²) in [6.07, 6.45) is -6.08. The highest BCUT2D eigenvalue weighted by Crippen LogP contribution is 2.32. The first kappa shape index (κ1) is 51.3. The van der Waals surface area contributed by atoms with Crippen molar-refractivity contribution in [2.24, 2.45) is 5.92 Å². The molecule has 5 unspecified atom stereocenters. The van der Waals surface area contributed by atoms with Gasteiger partial charge in [-0.1, -0.05) is 6.92 Å². The minimum absolute atomic E-state index is 0.0394. The highest BCUT2D eigenvalue weighted by Gasteiger charge is 2.50. The van der Waals surface area contributed by atoms with Crippen molar-refractivity contribution in [1.82, 2.24) is 35.4 Å². The van der Waals surface area contributed by atoms with Crippen molar-refractivity contribution in [1.29, 1.82) is 5.26 Å². The van der Waals surface area contributed by atoms with Gasteiger partial charge in [0.15, 0.2) is 24.3 Å². The van der Waals surface area contributed by atoms with Crippen LogP contribution < -0.4 is 20.9 Å². The van der Waals surface area contributed by atoms with E-state index in [4.69, 9.17) is 43.2 Å². The van der Waals surface area contributed by atoms with Crippen molar-refractivity contribution in [3.05, 3.63) is 18.6 Å². The molecule has 3 aliphatic heterocycles. The summed E-state index contributed by atoms with van der Waals surface area (Å²) in [5, 5.41) is 49.3. The number of ether oxygens (including phenoxy) is 8. The van der Waals surface area contributed by atoms with E-state index >= 15 is 0 Å². The summed E-state index contributed by atoms with van der Waals surface area (Å²) in [4.78, 5) is 63.2. The van der Waals surface area contributed by atoms with Gasteiger partial charge in [-0.3, -0.25) is 19.0 Å². The van der Waals surface area contributed by atoms with Gasteiger partial charge in [0.2, 0.25) is 11.8 Å². The van der Waals surface area contributed by atoms with Crippen LogP contribution in [-0.4, -0.2) is 213 Å². The van der Waals surface area contributed by atoms with E-state index in [1.165, 1.54) is 32.0 Å². The first-order chi connectivity index (χ1) is 31.3. The van der Waals surface area contributed by atoms with Crippen LogP contribution in [0.5, 0.6) is 0 Å². The van der Waals surface area contributed by atoms with Gasteiger partial charge >= 0.3 is 6.03 Å². The number of nitrogens with one attached hydrogen (secondary N) is 3. The van der Waals surface area contributed by atoms with Crippen LogP contribution in [0.15, 0.2) is 18.6 Å². The fourth-order valence-electron chi connectivity index (χ4n) is 8.05. The predicted molar refractivity (Wildman–Crippen MR) is 226 cm³/mol. The minimum atomic E-state index is -1.46. The first-order valence-corrected chi connectivity index (χ1v) is 21.6. The van der Waals surface area contributed by atoms with E-state index in [2.05, 4.69) is 32.8 Å². The van der Waals surface area contributed by atoms with Gasteiger partial charge in [-0.15, -0.1) is 0 Å². The maximum Gasteiger partial charge on any atom is 0.327 e. The number of aromatic nitrogens is 3. The summed E-state index contributed by atoms with van der Waals surface area (Å²) >= 11 is 0. The number of aliphatic hydroxyl groups is 3. The van der Waals surface area contributed by atoms with E-state index in [1.54, 1.807) is 17.2 Å². The van der Waals surface area contributed by atoms with Crippen molar-refractivity contribution in [3.8, 4) is 6.07 Å². The van der Waals surface area contributed by atoms with Crippen LogP contribution in [0.4, 0.5) is 10.6 Å². The third-order valence-electron chi connectivity index (χ3n) is 11.5. The molecule has 0 saturated carbocycles. The Balaban J connectivity index is 0.957. The van der Waals surface area contributed by atoms with Crippen molar-refractivity contribution >= 4 is 40.6 Å². The van der Waals surface area contributed by atoms with Crippen LogP contribution in [0.1, 0.15) is 33.1 Å². The lowest BCUT2D eigenvalue weighted by Crippen LogP contribution is -2.67. The molecule has 362 valence electrons. The standard InChI is InChI=1S/C41H63N9O15/c1-24-7-12-49(31(54)6-9-42)21-27(24)48(3)36-26-8-13-50(37(26)46-23-45-36)41(57)44-11-15-61-17-19-62-18-16-60-14-10-43-38(56)34-29(58-4)20-28(53)39(64-34)65-35-32(47-25(2)52)40(59-5)63-30(22-51)33(35)55/h8,13,23-24,27-30,32-35,39-40,51,53,55H,6-7,10-12,14-22H2,1-5H3,(H,43,56)(H,44,57)(H,47,52)/t24-,27+,28?,29+,30?,32?,33-,34?,35?,39+,40-/m1/s1. The molecule has 6 N–H and O–H groups in total. The summed E-state index contributed by atoms with van der Waals surface area (Å²) < 4.78 is 46.2.